The SMILES string of the molecule is O=C(Nc1ccc(F)c(Cl)c1)[C@@H](Cl)C(=O)c1ccccc1. The summed E-state index contributed by atoms with van der Waals surface area (Å²) in [6.45, 7) is 0. The molecule has 0 fully saturated rings. The Labute approximate surface area is 130 Å². The van der Waals surface area contributed by atoms with E-state index < -0.39 is 22.9 Å². The molecule has 0 radical (unpaired) electrons. The summed E-state index contributed by atoms with van der Waals surface area (Å²) in [5.41, 5.74) is 0.600. The summed E-state index contributed by atoms with van der Waals surface area (Å²) in [4.78, 5) is 23.9. The lowest BCUT2D eigenvalue weighted by Gasteiger charge is -2.10. The number of rotatable bonds is 4. The fraction of sp³-hybridized carbons (Fsp3) is 0.0667. The number of ketones is 1. The lowest BCUT2D eigenvalue weighted by atomic mass is 10.1. The Balaban J connectivity index is 2.09. The number of amides is 1. The first-order valence-electron chi connectivity index (χ1n) is 5.98. The number of halogens is 3. The zero-order valence-electron chi connectivity index (χ0n) is 10.6. The Morgan fingerprint density at radius 1 is 1.10 bits per heavy atom. The Bertz CT molecular complexity index is 677. The molecule has 0 heterocycles. The van der Waals surface area contributed by atoms with Crippen molar-refractivity contribution >= 4 is 40.6 Å². The van der Waals surface area contributed by atoms with Crippen LogP contribution in [-0.2, 0) is 4.79 Å². The van der Waals surface area contributed by atoms with Gasteiger partial charge in [-0.05, 0) is 18.2 Å². The van der Waals surface area contributed by atoms with Crippen LogP contribution in [0.4, 0.5) is 10.1 Å². The molecule has 1 amide bonds. The molecule has 1 N–H and O–H groups in total. The van der Waals surface area contributed by atoms with E-state index in [1.165, 1.54) is 12.1 Å². The molecule has 0 unspecified atom stereocenters. The molecular formula is C15H10Cl2FNO2. The van der Waals surface area contributed by atoms with Gasteiger partial charge in [0.05, 0.1) is 5.02 Å². The van der Waals surface area contributed by atoms with Crippen molar-refractivity contribution in [1.82, 2.24) is 0 Å². The van der Waals surface area contributed by atoms with Crippen molar-refractivity contribution in [2.45, 2.75) is 5.38 Å². The fourth-order valence-corrected chi connectivity index (χ4v) is 2.01. The summed E-state index contributed by atoms with van der Waals surface area (Å²) >= 11 is 11.5. The first-order valence-corrected chi connectivity index (χ1v) is 6.79. The first-order chi connectivity index (χ1) is 9.99. The van der Waals surface area contributed by atoms with Crippen molar-refractivity contribution in [1.29, 1.82) is 0 Å². The van der Waals surface area contributed by atoms with Gasteiger partial charge in [0.15, 0.2) is 11.2 Å². The van der Waals surface area contributed by atoms with Crippen LogP contribution < -0.4 is 5.32 Å². The Hall–Kier alpha value is -1.91. The maximum absolute atomic E-state index is 13.0. The average molecular weight is 326 g/mol. The van der Waals surface area contributed by atoms with Crippen LogP contribution in [0, 0.1) is 5.82 Å². The quantitative estimate of drug-likeness (QED) is 0.526. The number of hydrogen-bond donors (Lipinski definition) is 1. The van der Waals surface area contributed by atoms with E-state index in [1.807, 2.05) is 0 Å². The zero-order chi connectivity index (χ0) is 15.4. The van der Waals surface area contributed by atoms with Gasteiger partial charge in [-0.1, -0.05) is 41.9 Å². The molecule has 0 aliphatic heterocycles. The molecule has 0 spiro atoms. The molecule has 0 bridgehead atoms. The maximum atomic E-state index is 13.0. The standard InChI is InChI=1S/C15H10Cl2FNO2/c16-11-8-10(6-7-12(11)18)19-15(21)13(17)14(20)9-4-2-1-3-5-9/h1-8,13H,(H,19,21)/t13-/m0/s1. The normalized spacial score (nSPS) is 11.8. The summed E-state index contributed by atoms with van der Waals surface area (Å²) in [5, 5.41) is 0.908. The van der Waals surface area contributed by atoms with Crippen LogP contribution in [0.5, 0.6) is 0 Å². The average Bonchev–Trinajstić information content (AvgIpc) is 2.50. The minimum Gasteiger partial charge on any atom is -0.324 e. The van der Waals surface area contributed by atoms with Gasteiger partial charge >= 0.3 is 0 Å². The Morgan fingerprint density at radius 3 is 2.38 bits per heavy atom. The van der Waals surface area contributed by atoms with Gasteiger partial charge in [-0.15, -0.1) is 11.6 Å². The molecule has 0 saturated heterocycles. The van der Waals surface area contributed by atoms with E-state index in [9.17, 15) is 14.0 Å². The second-order valence-electron chi connectivity index (χ2n) is 4.21. The molecule has 108 valence electrons. The number of nitrogens with one attached hydrogen (secondary N) is 1. The second-order valence-corrected chi connectivity index (χ2v) is 5.05. The molecular weight excluding hydrogens is 316 g/mol. The van der Waals surface area contributed by atoms with Gasteiger partial charge in [0.25, 0.3) is 0 Å². The van der Waals surface area contributed by atoms with Crippen molar-refractivity contribution in [3.8, 4) is 0 Å². The molecule has 0 saturated carbocycles. The van der Waals surface area contributed by atoms with E-state index in [2.05, 4.69) is 5.32 Å². The topological polar surface area (TPSA) is 46.2 Å². The van der Waals surface area contributed by atoms with Crippen LogP contribution in [0.3, 0.4) is 0 Å². The highest BCUT2D eigenvalue weighted by atomic mass is 35.5. The number of carbonyl (C=O) groups is 2. The number of hydrogen-bond acceptors (Lipinski definition) is 2. The third-order valence-electron chi connectivity index (χ3n) is 2.71. The summed E-state index contributed by atoms with van der Waals surface area (Å²) in [5.74, 6) is -1.81. The van der Waals surface area contributed by atoms with E-state index in [0.717, 1.165) is 6.07 Å². The molecule has 0 aromatic heterocycles. The van der Waals surface area contributed by atoms with Gasteiger partial charge in [0.1, 0.15) is 5.82 Å². The van der Waals surface area contributed by atoms with Gasteiger partial charge in [0, 0.05) is 11.3 Å². The summed E-state index contributed by atoms with van der Waals surface area (Å²) < 4.78 is 13.0. The molecule has 2 aromatic carbocycles. The molecule has 2 rings (SSSR count). The molecule has 2 aromatic rings. The van der Waals surface area contributed by atoms with E-state index in [4.69, 9.17) is 23.2 Å². The van der Waals surface area contributed by atoms with Gasteiger partial charge < -0.3 is 5.32 Å². The fourth-order valence-electron chi connectivity index (χ4n) is 1.65. The first kappa shape index (κ1) is 15.5. The van der Waals surface area contributed by atoms with Gasteiger partial charge in [-0.2, -0.15) is 0 Å². The third-order valence-corrected chi connectivity index (χ3v) is 3.39. The van der Waals surface area contributed by atoms with Crippen molar-refractivity contribution in [3.63, 3.8) is 0 Å². The van der Waals surface area contributed by atoms with Crippen LogP contribution in [0.25, 0.3) is 0 Å². The van der Waals surface area contributed by atoms with E-state index in [1.54, 1.807) is 30.3 Å². The number of anilines is 1. The monoisotopic (exact) mass is 325 g/mol. The van der Waals surface area contributed by atoms with Crippen LogP contribution in [-0.4, -0.2) is 17.1 Å². The highest BCUT2D eigenvalue weighted by molar-refractivity contribution is 6.45. The number of alkyl halides is 1. The van der Waals surface area contributed by atoms with Crippen molar-refractivity contribution in [2.75, 3.05) is 5.32 Å². The van der Waals surface area contributed by atoms with Crippen molar-refractivity contribution in [2.24, 2.45) is 0 Å². The summed E-state index contributed by atoms with van der Waals surface area (Å²) in [6, 6.07) is 11.9. The zero-order valence-corrected chi connectivity index (χ0v) is 12.2. The van der Waals surface area contributed by atoms with E-state index in [-0.39, 0.29) is 10.7 Å². The summed E-state index contributed by atoms with van der Waals surface area (Å²) in [6.07, 6.45) is 0. The van der Waals surface area contributed by atoms with Crippen LogP contribution in [0.15, 0.2) is 48.5 Å². The molecule has 0 aliphatic rings. The predicted molar refractivity (Wildman–Crippen MR) is 80.5 cm³/mol. The van der Waals surface area contributed by atoms with Crippen LogP contribution in [0.1, 0.15) is 10.4 Å². The van der Waals surface area contributed by atoms with Crippen LogP contribution in [0.2, 0.25) is 5.02 Å². The molecule has 0 aliphatic carbocycles. The van der Waals surface area contributed by atoms with Crippen molar-refractivity contribution < 1.29 is 14.0 Å². The van der Waals surface area contributed by atoms with Crippen molar-refractivity contribution in [3.05, 3.63) is 64.9 Å². The maximum Gasteiger partial charge on any atom is 0.250 e. The lowest BCUT2D eigenvalue weighted by Crippen LogP contribution is -2.30. The predicted octanol–water partition coefficient (Wildman–Crippen LogP) is 3.91. The summed E-state index contributed by atoms with van der Waals surface area (Å²) in [7, 11) is 0. The van der Waals surface area contributed by atoms with Gasteiger partial charge in [0.2, 0.25) is 5.91 Å². The smallest absolute Gasteiger partial charge is 0.250 e. The minimum atomic E-state index is -1.38. The number of benzene rings is 2. The Morgan fingerprint density at radius 2 is 1.76 bits per heavy atom. The minimum absolute atomic E-state index is 0.131. The lowest BCUT2D eigenvalue weighted by molar-refractivity contribution is -0.115. The molecule has 6 heteroatoms. The largest absolute Gasteiger partial charge is 0.324 e. The van der Waals surface area contributed by atoms with Crippen LogP contribution >= 0.6 is 23.2 Å². The highest BCUT2D eigenvalue weighted by Crippen LogP contribution is 2.20. The Kier molecular flexibility index (Phi) is 4.94. The number of Topliss-reactive ketones (excluding diaryl/α,β-unsaturated/α-hetero) is 1. The number of carbonyl (C=O) groups excluding carboxylic acids is 2. The molecule has 1 atom stereocenters. The second kappa shape index (κ2) is 6.70. The third kappa shape index (κ3) is 3.80. The van der Waals surface area contributed by atoms with E-state index >= 15 is 0 Å². The van der Waals surface area contributed by atoms with Gasteiger partial charge in [-0.25, -0.2) is 4.39 Å². The highest BCUT2D eigenvalue weighted by Gasteiger charge is 2.25. The molecule has 21 heavy (non-hydrogen) atoms. The molecule has 3 nitrogen and oxygen atoms in total. The van der Waals surface area contributed by atoms with Gasteiger partial charge in [-0.3, -0.25) is 9.59 Å². The van der Waals surface area contributed by atoms with E-state index in [0.29, 0.717) is 5.56 Å².